The van der Waals surface area contributed by atoms with Gasteiger partial charge in [0.1, 0.15) is 0 Å². The quantitative estimate of drug-likeness (QED) is 0.737. The van der Waals surface area contributed by atoms with Crippen molar-refractivity contribution in [3.05, 3.63) is 18.7 Å². The number of aryl methyl sites for hydroxylation is 1. The molecule has 0 saturated carbocycles. The van der Waals surface area contributed by atoms with Crippen LogP contribution in [0.4, 0.5) is 0 Å². The van der Waals surface area contributed by atoms with E-state index in [0.29, 0.717) is 19.6 Å². The number of hydrogen-bond donors (Lipinski definition) is 1. The van der Waals surface area contributed by atoms with Gasteiger partial charge in [0.2, 0.25) is 15.9 Å². The van der Waals surface area contributed by atoms with Crippen LogP contribution in [0.25, 0.3) is 0 Å². The molecule has 1 aromatic rings. The molecule has 0 spiro atoms. The van der Waals surface area contributed by atoms with Crippen molar-refractivity contribution >= 4 is 15.9 Å². The van der Waals surface area contributed by atoms with Crippen LogP contribution in [0.1, 0.15) is 26.2 Å². The van der Waals surface area contributed by atoms with Crippen LogP contribution in [0.15, 0.2) is 18.7 Å². The predicted molar refractivity (Wildman–Crippen MR) is 83.6 cm³/mol. The maximum Gasteiger partial charge on any atom is 0.224 e. The number of imidazole rings is 1. The van der Waals surface area contributed by atoms with Gasteiger partial charge in [0.15, 0.2) is 0 Å². The fraction of sp³-hybridized carbons (Fsp3) is 0.714. The minimum absolute atomic E-state index is 0.0402. The molecule has 1 N–H and O–H groups in total. The minimum atomic E-state index is -3.20. The molecule has 1 aliphatic rings. The number of hydrogen-bond acceptors (Lipinski definition) is 4. The molecule has 124 valence electrons. The third-order valence-electron chi connectivity index (χ3n) is 3.96. The van der Waals surface area contributed by atoms with E-state index in [1.54, 1.807) is 19.4 Å². The molecule has 7 nitrogen and oxygen atoms in total. The first-order chi connectivity index (χ1) is 10.5. The van der Waals surface area contributed by atoms with E-state index in [0.717, 1.165) is 25.8 Å². The number of nitrogens with one attached hydrogen (secondary N) is 1. The average Bonchev–Trinajstić information content (AvgIpc) is 3.05. The van der Waals surface area contributed by atoms with Crippen molar-refractivity contribution in [3.8, 4) is 0 Å². The van der Waals surface area contributed by atoms with E-state index in [1.165, 1.54) is 4.31 Å². The second-order valence-corrected chi connectivity index (χ2v) is 7.80. The summed E-state index contributed by atoms with van der Waals surface area (Å²) in [5, 5.41) is 2.91. The Morgan fingerprint density at radius 3 is 2.95 bits per heavy atom. The Morgan fingerprint density at radius 1 is 1.45 bits per heavy atom. The Kier molecular flexibility index (Phi) is 5.96. The molecule has 1 fully saturated rings. The maximum absolute atomic E-state index is 12.2. The maximum atomic E-state index is 12.2. The highest BCUT2D eigenvalue weighted by molar-refractivity contribution is 7.89. The largest absolute Gasteiger partial charge is 0.356 e. The molecular formula is C14H24N4O3S. The van der Waals surface area contributed by atoms with E-state index >= 15 is 0 Å². The van der Waals surface area contributed by atoms with Crippen LogP contribution in [0.2, 0.25) is 0 Å². The average molecular weight is 328 g/mol. The lowest BCUT2D eigenvalue weighted by atomic mass is 9.99. The van der Waals surface area contributed by atoms with Gasteiger partial charge in [-0.2, -0.15) is 0 Å². The molecule has 22 heavy (non-hydrogen) atoms. The summed E-state index contributed by atoms with van der Waals surface area (Å²) in [4.78, 5) is 16.1. The highest BCUT2D eigenvalue weighted by Crippen LogP contribution is 2.19. The highest BCUT2D eigenvalue weighted by Gasteiger charge is 2.31. The van der Waals surface area contributed by atoms with Gasteiger partial charge in [-0.05, 0) is 26.2 Å². The Balaban J connectivity index is 1.74. The normalized spacial score (nSPS) is 20.0. The Labute approximate surface area is 131 Å². The molecule has 0 bridgehead atoms. The predicted octanol–water partition coefficient (Wildman–Crippen LogP) is 0.451. The van der Waals surface area contributed by atoms with Crippen molar-refractivity contribution in [1.82, 2.24) is 19.2 Å². The molecule has 1 atom stereocenters. The number of sulfonamides is 1. The van der Waals surface area contributed by atoms with Gasteiger partial charge < -0.3 is 9.88 Å². The van der Waals surface area contributed by atoms with Gasteiger partial charge >= 0.3 is 0 Å². The molecule has 1 unspecified atom stereocenters. The molecule has 1 saturated heterocycles. The number of piperidine rings is 1. The van der Waals surface area contributed by atoms with Gasteiger partial charge in [0, 0.05) is 38.6 Å². The summed E-state index contributed by atoms with van der Waals surface area (Å²) in [5.74, 6) is -0.184. The molecule has 1 aromatic heterocycles. The van der Waals surface area contributed by atoms with Crippen molar-refractivity contribution in [2.75, 3.05) is 25.4 Å². The first-order valence-electron chi connectivity index (χ1n) is 7.74. The highest BCUT2D eigenvalue weighted by atomic mass is 32.2. The van der Waals surface area contributed by atoms with E-state index in [1.807, 2.05) is 10.8 Å². The number of carbonyl (C=O) groups excluding carboxylic acids is 1. The third-order valence-corrected chi connectivity index (χ3v) is 5.81. The summed E-state index contributed by atoms with van der Waals surface area (Å²) in [6, 6.07) is 0. The van der Waals surface area contributed by atoms with Gasteiger partial charge in [-0.15, -0.1) is 0 Å². The number of aromatic nitrogens is 2. The lowest BCUT2D eigenvalue weighted by molar-refractivity contribution is -0.126. The molecule has 1 amide bonds. The fourth-order valence-electron chi connectivity index (χ4n) is 2.63. The minimum Gasteiger partial charge on any atom is -0.356 e. The molecule has 1 aliphatic heterocycles. The summed E-state index contributed by atoms with van der Waals surface area (Å²) in [6.45, 7) is 3.87. The van der Waals surface area contributed by atoms with Crippen LogP contribution >= 0.6 is 0 Å². The number of carbonyl (C=O) groups is 1. The second-order valence-electron chi connectivity index (χ2n) is 5.54. The van der Waals surface area contributed by atoms with E-state index in [-0.39, 0.29) is 17.6 Å². The van der Waals surface area contributed by atoms with E-state index in [9.17, 15) is 13.2 Å². The van der Waals surface area contributed by atoms with E-state index < -0.39 is 10.0 Å². The zero-order valence-corrected chi connectivity index (χ0v) is 13.8. The summed E-state index contributed by atoms with van der Waals surface area (Å²) >= 11 is 0. The Morgan fingerprint density at radius 2 is 2.27 bits per heavy atom. The molecule has 0 radical (unpaired) electrons. The second kappa shape index (κ2) is 7.73. The SMILES string of the molecule is CCS(=O)(=O)N1CCCC(C(=O)NCCCn2ccnc2)C1. The van der Waals surface area contributed by atoms with Crippen LogP contribution in [0, 0.1) is 5.92 Å². The van der Waals surface area contributed by atoms with Crippen LogP contribution in [0.5, 0.6) is 0 Å². The van der Waals surface area contributed by atoms with Crippen LogP contribution in [-0.4, -0.2) is 53.6 Å². The summed E-state index contributed by atoms with van der Waals surface area (Å²) < 4.78 is 27.2. The lowest BCUT2D eigenvalue weighted by Crippen LogP contribution is -2.46. The molecular weight excluding hydrogens is 304 g/mol. The van der Waals surface area contributed by atoms with Crippen LogP contribution < -0.4 is 5.32 Å². The standard InChI is InChI=1S/C14H24N4O3S/c1-2-22(20,21)18-9-3-5-13(11-18)14(19)16-6-4-8-17-10-7-15-12-17/h7,10,12-13H,2-6,8-9,11H2,1H3,(H,16,19). The van der Waals surface area contributed by atoms with E-state index in [2.05, 4.69) is 10.3 Å². The zero-order chi connectivity index (χ0) is 16.0. The summed E-state index contributed by atoms with van der Waals surface area (Å²) in [5.41, 5.74) is 0. The van der Waals surface area contributed by atoms with E-state index in [4.69, 9.17) is 0 Å². The molecule has 0 aromatic carbocycles. The van der Waals surface area contributed by atoms with Gasteiger partial charge in [-0.1, -0.05) is 0 Å². The third kappa shape index (κ3) is 4.54. The van der Waals surface area contributed by atoms with Crippen molar-refractivity contribution < 1.29 is 13.2 Å². The van der Waals surface area contributed by atoms with Crippen molar-refractivity contribution in [2.45, 2.75) is 32.7 Å². The molecule has 2 rings (SSSR count). The smallest absolute Gasteiger partial charge is 0.224 e. The van der Waals surface area contributed by atoms with Gasteiger partial charge in [-0.25, -0.2) is 17.7 Å². The van der Waals surface area contributed by atoms with Gasteiger partial charge in [0.25, 0.3) is 0 Å². The zero-order valence-electron chi connectivity index (χ0n) is 12.9. The summed E-state index contributed by atoms with van der Waals surface area (Å²) in [7, 11) is -3.20. The summed E-state index contributed by atoms with van der Waals surface area (Å²) in [6.07, 6.45) is 7.68. The van der Waals surface area contributed by atoms with Crippen LogP contribution in [0.3, 0.4) is 0 Å². The van der Waals surface area contributed by atoms with Gasteiger partial charge in [0.05, 0.1) is 18.0 Å². The fourth-order valence-corrected chi connectivity index (χ4v) is 3.81. The molecule has 2 heterocycles. The number of amides is 1. The van der Waals surface area contributed by atoms with Crippen LogP contribution in [-0.2, 0) is 21.4 Å². The number of nitrogens with zero attached hydrogens (tertiary/aromatic N) is 3. The first kappa shape index (κ1) is 17.0. The van der Waals surface area contributed by atoms with Crippen molar-refractivity contribution in [3.63, 3.8) is 0 Å². The van der Waals surface area contributed by atoms with Crippen molar-refractivity contribution in [2.24, 2.45) is 5.92 Å². The van der Waals surface area contributed by atoms with Crippen molar-refractivity contribution in [1.29, 1.82) is 0 Å². The Hall–Kier alpha value is -1.41. The molecule has 0 aliphatic carbocycles. The van der Waals surface area contributed by atoms with Gasteiger partial charge in [-0.3, -0.25) is 4.79 Å². The first-order valence-corrected chi connectivity index (χ1v) is 9.35. The monoisotopic (exact) mass is 328 g/mol. The topological polar surface area (TPSA) is 84.3 Å². The Bertz CT molecular complexity index is 571. The molecule has 8 heteroatoms. The lowest BCUT2D eigenvalue weighted by Gasteiger charge is -2.30. The number of rotatable bonds is 7.